The Bertz CT molecular complexity index is 443. The van der Waals surface area contributed by atoms with Crippen molar-refractivity contribution in [3.8, 4) is 0 Å². The number of nitrogens with zero attached hydrogens (tertiary/aromatic N) is 2. The van der Waals surface area contributed by atoms with Crippen LogP contribution < -0.4 is 16.7 Å². The largest absolute Gasteiger partial charge is 0.371 e. The minimum absolute atomic E-state index is 0.274. The van der Waals surface area contributed by atoms with E-state index in [1.165, 1.54) is 0 Å². The van der Waals surface area contributed by atoms with Crippen LogP contribution in [-0.2, 0) is 13.0 Å². The molecule has 0 spiro atoms. The van der Waals surface area contributed by atoms with Gasteiger partial charge in [-0.3, -0.25) is 4.57 Å². The molecule has 0 saturated heterocycles. The lowest BCUT2D eigenvalue weighted by atomic mass is 10.2. The van der Waals surface area contributed by atoms with E-state index in [4.69, 9.17) is 17.3 Å². The van der Waals surface area contributed by atoms with E-state index in [0.29, 0.717) is 19.5 Å². The lowest BCUT2D eigenvalue weighted by Gasteiger charge is -2.15. The molecule has 2 rings (SSSR count). The Balaban J connectivity index is 2.56. The van der Waals surface area contributed by atoms with E-state index >= 15 is 0 Å². The van der Waals surface area contributed by atoms with E-state index < -0.39 is 0 Å². The fourth-order valence-corrected chi connectivity index (χ4v) is 2.20. The Labute approximate surface area is 98.6 Å². The minimum atomic E-state index is -0.282. The van der Waals surface area contributed by atoms with Crippen LogP contribution in [0.5, 0.6) is 0 Å². The van der Waals surface area contributed by atoms with Crippen molar-refractivity contribution in [2.45, 2.75) is 25.8 Å². The molecule has 5 nitrogen and oxygen atoms in total. The molecule has 0 fully saturated rings. The van der Waals surface area contributed by atoms with Gasteiger partial charge in [0.2, 0.25) is 0 Å². The van der Waals surface area contributed by atoms with Gasteiger partial charge in [0.15, 0.2) is 0 Å². The highest BCUT2D eigenvalue weighted by atomic mass is 35.5. The molecule has 16 heavy (non-hydrogen) atoms. The second kappa shape index (κ2) is 4.84. The number of fused-ring (bicyclic) bond motifs is 1. The molecule has 1 aliphatic heterocycles. The predicted octanol–water partition coefficient (Wildman–Crippen LogP) is 0.604. The van der Waals surface area contributed by atoms with Gasteiger partial charge in [0.05, 0.1) is 0 Å². The molecule has 2 heterocycles. The van der Waals surface area contributed by atoms with E-state index in [9.17, 15) is 4.79 Å². The number of halogens is 1. The maximum atomic E-state index is 11.7. The van der Waals surface area contributed by atoms with Crippen molar-refractivity contribution >= 4 is 17.4 Å². The molecule has 1 aromatic heterocycles. The van der Waals surface area contributed by atoms with Gasteiger partial charge in [0, 0.05) is 18.7 Å². The SMILES string of the molecule is NCCc1c(Cl)nc(=O)n2c1NCCCC2. The Morgan fingerprint density at radius 2 is 2.31 bits per heavy atom. The summed E-state index contributed by atoms with van der Waals surface area (Å²) >= 11 is 5.98. The van der Waals surface area contributed by atoms with Crippen molar-refractivity contribution in [2.24, 2.45) is 5.73 Å². The maximum absolute atomic E-state index is 11.7. The molecule has 0 atom stereocenters. The highest BCUT2D eigenvalue weighted by Crippen LogP contribution is 2.23. The predicted molar refractivity (Wildman–Crippen MR) is 64.0 cm³/mol. The van der Waals surface area contributed by atoms with Gasteiger partial charge in [-0.15, -0.1) is 0 Å². The van der Waals surface area contributed by atoms with Gasteiger partial charge in [-0.05, 0) is 25.8 Å². The standard InChI is InChI=1S/C10H15ClN4O/c11-8-7(3-4-12)9-13-5-1-2-6-15(9)10(16)14-8/h13H,1-6,12H2. The van der Waals surface area contributed by atoms with Crippen LogP contribution in [0.1, 0.15) is 18.4 Å². The van der Waals surface area contributed by atoms with Crippen molar-refractivity contribution in [1.29, 1.82) is 0 Å². The molecular weight excluding hydrogens is 228 g/mol. The quantitative estimate of drug-likeness (QED) is 0.745. The topological polar surface area (TPSA) is 72.9 Å². The molecule has 3 N–H and O–H groups in total. The van der Waals surface area contributed by atoms with Crippen LogP contribution in [-0.4, -0.2) is 22.6 Å². The fourth-order valence-electron chi connectivity index (χ4n) is 1.95. The lowest BCUT2D eigenvalue weighted by molar-refractivity contribution is 0.620. The Morgan fingerprint density at radius 1 is 1.50 bits per heavy atom. The average Bonchev–Trinajstić information content (AvgIpc) is 2.49. The molecule has 88 valence electrons. The number of hydrogen-bond donors (Lipinski definition) is 2. The molecule has 0 bridgehead atoms. The zero-order valence-corrected chi connectivity index (χ0v) is 9.76. The van der Waals surface area contributed by atoms with E-state index in [-0.39, 0.29) is 10.8 Å². The number of rotatable bonds is 2. The van der Waals surface area contributed by atoms with Crippen molar-refractivity contribution in [3.63, 3.8) is 0 Å². The lowest BCUT2D eigenvalue weighted by Crippen LogP contribution is -2.27. The highest BCUT2D eigenvalue weighted by molar-refractivity contribution is 6.30. The average molecular weight is 243 g/mol. The number of nitrogens with one attached hydrogen (secondary N) is 1. The van der Waals surface area contributed by atoms with Crippen LogP contribution >= 0.6 is 11.6 Å². The molecule has 0 aliphatic carbocycles. The van der Waals surface area contributed by atoms with Gasteiger partial charge in [0.25, 0.3) is 0 Å². The molecule has 1 aliphatic rings. The van der Waals surface area contributed by atoms with Gasteiger partial charge in [-0.25, -0.2) is 4.79 Å². The Hall–Kier alpha value is -1.07. The van der Waals surface area contributed by atoms with Gasteiger partial charge in [0.1, 0.15) is 11.0 Å². The Kier molecular flexibility index (Phi) is 3.46. The number of hydrogen-bond acceptors (Lipinski definition) is 4. The first kappa shape index (κ1) is 11.4. The summed E-state index contributed by atoms with van der Waals surface area (Å²) in [5, 5.41) is 3.52. The van der Waals surface area contributed by atoms with Crippen molar-refractivity contribution in [2.75, 3.05) is 18.4 Å². The van der Waals surface area contributed by atoms with E-state index in [0.717, 1.165) is 30.8 Å². The van der Waals surface area contributed by atoms with Crippen LogP contribution in [0.25, 0.3) is 0 Å². The van der Waals surface area contributed by atoms with Crippen LogP contribution in [0, 0.1) is 0 Å². The molecule has 0 radical (unpaired) electrons. The highest BCUT2D eigenvalue weighted by Gasteiger charge is 2.16. The molecule has 1 aromatic rings. The van der Waals surface area contributed by atoms with Crippen LogP contribution in [0.3, 0.4) is 0 Å². The number of nitrogens with two attached hydrogens (primary N) is 1. The third-order valence-electron chi connectivity index (χ3n) is 2.72. The number of anilines is 1. The second-order valence-electron chi connectivity index (χ2n) is 3.84. The van der Waals surface area contributed by atoms with Crippen molar-refractivity contribution in [1.82, 2.24) is 9.55 Å². The molecule has 0 saturated carbocycles. The molecule has 6 heteroatoms. The molecule has 0 amide bonds. The number of aromatic nitrogens is 2. The van der Waals surface area contributed by atoms with Crippen LogP contribution in [0.2, 0.25) is 5.15 Å². The third kappa shape index (κ3) is 2.05. The van der Waals surface area contributed by atoms with Gasteiger partial charge in [-0.2, -0.15) is 4.98 Å². The van der Waals surface area contributed by atoms with Crippen molar-refractivity contribution in [3.05, 3.63) is 21.2 Å². The smallest absolute Gasteiger partial charge is 0.350 e. The van der Waals surface area contributed by atoms with Gasteiger partial charge < -0.3 is 11.1 Å². The van der Waals surface area contributed by atoms with Crippen molar-refractivity contribution < 1.29 is 0 Å². The maximum Gasteiger partial charge on any atom is 0.350 e. The summed E-state index contributed by atoms with van der Waals surface area (Å²) in [6.07, 6.45) is 2.65. The third-order valence-corrected chi connectivity index (χ3v) is 3.04. The zero-order chi connectivity index (χ0) is 11.5. The van der Waals surface area contributed by atoms with E-state index in [1.807, 2.05) is 0 Å². The summed E-state index contributed by atoms with van der Waals surface area (Å²) in [6, 6.07) is 0. The van der Waals surface area contributed by atoms with Crippen LogP contribution in [0.15, 0.2) is 4.79 Å². The summed E-state index contributed by atoms with van der Waals surface area (Å²) in [5.41, 5.74) is 6.11. The van der Waals surface area contributed by atoms with Crippen LogP contribution in [0.4, 0.5) is 5.82 Å². The van der Waals surface area contributed by atoms with E-state index in [2.05, 4.69) is 10.3 Å². The van der Waals surface area contributed by atoms with Gasteiger partial charge >= 0.3 is 5.69 Å². The van der Waals surface area contributed by atoms with E-state index in [1.54, 1.807) is 4.57 Å². The first-order valence-corrected chi connectivity index (χ1v) is 5.85. The first-order chi connectivity index (χ1) is 7.74. The summed E-state index contributed by atoms with van der Waals surface area (Å²) in [4.78, 5) is 15.5. The summed E-state index contributed by atoms with van der Waals surface area (Å²) in [5.74, 6) is 0.799. The Morgan fingerprint density at radius 3 is 3.06 bits per heavy atom. The summed E-state index contributed by atoms with van der Waals surface area (Å²) < 4.78 is 1.66. The monoisotopic (exact) mass is 242 g/mol. The normalized spacial score (nSPS) is 15.1. The van der Waals surface area contributed by atoms with Gasteiger partial charge in [-0.1, -0.05) is 11.6 Å². The molecule has 0 unspecified atom stereocenters. The first-order valence-electron chi connectivity index (χ1n) is 5.47. The zero-order valence-electron chi connectivity index (χ0n) is 9.00. The summed E-state index contributed by atoms with van der Waals surface area (Å²) in [7, 11) is 0. The molecular formula is C10H15ClN4O. The minimum Gasteiger partial charge on any atom is -0.371 e. The fraction of sp³-hybridized carbons (Fsp3) is 0.600. The second-order valence-corrected chi connectivity index (χ2v) is 4.19. The molecule has 0 aromatic carbocycles. The summed E-state index contributed by atoms with van der Waals surface area (Å²) in [6.45, 7) is 2.05.